The number of carbonyl (C=O) groups is 2. The molecule has 20 heavy (non-hydrogen) atoms. The summed E-state index contributed by atoms with van der Waals surface area (Å²) in [6.07, 6.45) is 0.904. The highest BCUT2D eigenvalue weighted by molar-refractivity contribution is 5.89. The zero-order valence-corrected chi connectivity index (χ0v) is 11.4. The molecule has 1 unspecified atom stereocenters. The SMILES string of the molecule is CC(=O)OC1C[C@@H](CCOC(=O)c2ccccc2)CO1. The third-order valence-electron chi connectivity index (χ3n) is 3.11. The number of carbonyl (C=O) groups excluding carboxylic acids is 2. The van der Waals surface area contributed by atoms with Crippen molar-refractivity contribution in [2.45, 2.75) is 26.1 Å². The van der Waals surface area contributed by atoms with Crippen molar-refractivity contribution in [3.63, 3.8) is 0 Å². The van der Waals surface area contributed by atoms with Gasteiger partial charge in [0.1, 0.15) is 0 Å². The Morgan fingerprint density at radius 3 is 2.75 bits per heavy atom. The minimum atomic E-state index is -0.456. The van der Waals surface area contributed by atoms with E-state index in [-0.39, 0.29) is 17.9 Å². The largest absolute Gasteiger partial charge is 0.462 e. The molecule has 1 heterocycles. The lowest BCUT2D eigenvalue weighted by Crippen LogP contribution is -2.14. The molecule has 1 aromatic carbocycles. The average molecular weight is 278 g/mol. The minimum absolute atomic E-state index is 0.253. The van der Waals surface area contributed by atoms with Gasteiger partial charge in [-0.15, -0.1) is 0 Å². The molecule has 0 radical (unpaired) electrons. The van der Waals surface area contributed by atoms with Crippen LogP contribution in [0.4, 0.5) is 0 Å². The summed E-state index contributed by atoms with van der Waals surface area (Å²) < 4.78 is 15.5. The number of hydrogen-bond donors (Lipinski definition) is 0. The Balaban J connectivity index is 1.67. The van der Waals surface area contributed by atoms with E-state index in [1.54, 1.807) is 24.3 Å². The van der Waals surface area contributed by atoms with E-state index < -0.39 is 6.29 Å². The van der Waals surface area contributed by atoms with Gasteiger partial charge in [0, 0.05) is 13.3 Å². The van der Waals surface area contributed by atoms with Gasteiger partial charge in [-0.3, -0.25) is 4.79 Å². The Labute approximate surface area is 117 Å². The van der Waals surface area contributed by atoms with E-state index in [1.165, 1.54) is 6.92 Å². The molecule has 2 atom stereocenters. The molecule has 108 valence electrons. The van der Waals surface area contributed by atoms with E-state index in [4.69, 9.17) is 14.2 Å². The van der Waals surface area contributed by atoms with Gasteiger partial charge in [-0.1, -0.05) is 18.2 Å². The maximum absolute atomic E-state index is 11.7. The number of esters is 2. The van der Waals surface area contributed by atoms with Gasteiger partial charge >= 0.3 is 11.9 Å². The van der Waals surface area contributed by atoms with E-state index in [0.29, 0.717) is 31.6 Å². The number of hydrogen-bond acceptors (Lipinski definition) is 5. The highest BCUT2D eigenvalue weighted by Crippen LogP contribution is 2.23. The molecule has 0 aromatic heterocycles. The van der Waals surface area contributed by atoms with Gasteiger partial charge in [-0.25, -0.2) is 4.79 Å². The Morgan fingerprint density at radius 2 is 2.05 bits per heavy atom. The maximum Gasteiger partial charge on any atom is 0.338 e. The lowest BCUT2D eigenvalue weighted by atomic mass is 10.1. The fraction of sp³-hybridized carbons (Fsp3) is 0.467. The molecule has 1 saturated heterocycles. The van der Waals surface area contributed by atoms with Crippen LogP contribution in [-0.4, -0.2) is 31.4 Å². The van der Waals surface area contributed by atoms with E-state index in [1.807, 2.05) is 6.07 Å². The van der Waals surface area contributed by atoms with E-state index in [0.717, 1.165) is 0 Å². The van der Waals surface area contributed by atoms with Crippen molar-refractivity contribution in [3.05, 3.63) is 35.9 Å². The molecule has 1 aliphatic heterocycles. The third-order valence-corrected chi connectivity index (χ3v) is 3.11. The second-order valence-corrected chi connectivity index (χ2v) is 4.76. The minimum Gasteiger partial charge on any atom is -0.462 e. The lowest BCUT2D eigenvalue weighted by molar-refractivity contribution is -0.166. The summed E-state index contributed by atoms with van der Waals surface area (Å²) in [5, 5.41) is 0. The van der Waals surface area contributed by atoms with Crippen LogP contribution in [0.3, 0.4) is 0 Å². The number of ether oxygens (including phenoxy) is 3. The molecule has 1 aromatic rings. The Kier molecular flexibility index (Phi) is 5.12. The summed E-state index contributed by atoms with van der Waals surface area (Å²) in [5.41, 5.74) is 0.549. The third kappa shape index (κ3) is 4.35. The van der Waals surface area contributed by atoms with Crippen LogP contribution in [0.1, 0.15) is 30.1 Å². The van der Waals surface area contributed by atoms with Crippen molar-refractivity contribution in [3.8, 4) is 0 Å². The predicted octanol–water partition coefficient (Wildman–Crippen LogP) is 2.16. The highest BCUT2D eigenvalue weighted by atomic mass is 16.7. The molecule has 0 N–H and O–H groups in total. The fourth-order valence-corrected chi connectivity index (χ4v) is 2.10. The van der Waals surface area contributed by atoms with Crippen molar-refractivity contribution in [1.82, 2.24) is 0 Å². The summed E-state index contributed by atoms with van der Waals surface area (Å²) >= 11 is 0. The van der Waals surface area contributed by atoms with Crippen LogP contribution in [0.25, 0.3) is 0 Å². The lowest BCUT2D eigenvalue weighted by Gasteiger charge is -2.09. The molecule has 0 saturated carbocycles. The molecule has 0 bridgehead atoms. The van der Waals surface area contributed by atoms with Crippen LogP contribution in [-0.2, 0) is 19.0 Å². The van der Waals surface area contributed by atoms with Crippen LogP contribution in [0, 0.1) is 5.92 Å². The van der Waals surface area contributed by atoms with Crippen LogP contribution in [0.15, 0.2) is 30.3 Å². The molecule has 2 rings (SSSR count). The zero-order valence-electron chi connectivity index (χ0n) is 11.4. The second-order valence-electron chi connectivity index (χ2n) is 4.76. The second kappa shape index (κ2) is 7.05. The average Bonchev–Trinajstić information content (AvgIpc) is 2.86. The van der Waals surface area contributed by atoms with Gasteiger partial charge in [-0.2, -0.15) is 0 Å². The van der Waals surface area contributed by atoms with Crippen LogP contribution in [0.2, 0.25) is 0 Å². The van der Waals surface area contributed by atoms with Gasteiger partial charge in [0.25, 0.3) is 0 Å². The van der Waals surface area contributed by atoms with Crippen LogP contribution in [0.5, 0.6) is 0 Å². The molecule has 0 amide bonds. The standard InChI is InChI=1S/C15H18O5/c1-11(16)20-14-9-12(10-19-14)7-8-18-15(17)13-5-3-2-4-6-13/h2-6,12,14H,7-10H2,1H3/t12-,14?/m1/s1. The Bertz CT molecular complexity index is 457. The van der Waals surface area contributed by atoms with Crippen LogP contribution < -0.4 is 0 Å². The molecular weight excluding hydrogens is 260 g/mol. The topological polar surface area (TPSA) is 61.8 Å². The summed E-state index contributed by atoms with van der Waals surface area (Å²) in [5.74, 6) is -0.407. The molecular formula is C15H18O5. The summed E-state index contributed by atoms with van der Waals surface area (Å²) in [7, 11) is 0. The Hall–Kier alpha value is -1.88. The first kappa shape index (κ1) is 14.5. The summed E-state index contributed by atoms with van der Waals surface area (Å²) in [6.45, 7) is 2.23. The van der Waals surface area contributed by atoms with Crippen molar-refractivity contribution in [2.24, 2.45) is 5.92 Å². The maximum atomic E-state index is 11.7. The van der Waals surface area contributed by atoms with Crippen molar-refractivity contribution in [2.75, 3.05) is 13.2 Å². The van der Waals surface area contributed by atoms with E-state index in [2.05, 4.69) is 0 Å². The van der Waals surface area contributed by atoms with Crippen molar-refractivity contribution >= 4 is 11.9 Å². The number of rotatable bonds is 5. The fourth-order valence-electron chi connectivity index (χ4n) is 2.10. The smallest absolute Gasteiger partial charge is 0.338 e. The summed E-state index contributed by atoms with van der Waals surface area (Å²) in [4.78, 5) is 22.5. The van der Waals surface area contributed by atoms with E-state index >= 15 is 0 Å². The Morgan fingerprint density at radius 1 is 1.30 bits per heavy atom. The first-order valence-corrected chi connectivity index (χ1v) is 6.66. The number of benzene rings is 1. The molecule has 1 aliphatic rings. The van der Waals surface area contributed by atoms with Crippen LogP contribution >= 0.6 is 0 Å². The predicted molar refractivity (Wildman–Crippen MR) is 71.0 cm³/mol. The summed E-state index contributed by atoms with van der Waals surface area (Å²) in [6, 6.07) is 8.88. The van der Waals surface area contributed by atoms with Gasteiger partial charge in [-0.05, 0) is 24.5 Å². The first-order valence-electron chi connectivity index (χ1n) is 6.66. The van der Waals surface area contributed by atoms with Gasteiger partial charge in [0.15, 0.2) is 0 Å². The monoisotopic (exact) mass is 278 g/mol. The normalized spacial score (nSPS) is 21.4. The molecule has 5 nitrogen and oxygen atoms in total. The zero-order chi connectivity index (χ0) is 14.4. The van der Waals surface area contributed by atoms with Crippen molar-refractivity contribution < 1.29 is 23.8 Å². The van der Waals surface area contributed by atoms with E-state index in [9.17, 15) is 9.59 Å². The van der Waals surface area contributed by atoms with Gasteiger partial charge in [0.05, 0.1) is 18.8 Å². The van der Waals surface area contributed by atoms with Crippen molar-refractivity contribution in [1.29, 1.82) is 0 Å². The molecule has 5 heteroatoms. The quantitative estimate of drug-likeness (QED) is 0.772. The molecule has 0 aliphatic carbocycles. The molecule has 0 spiro atoms. The highest BCUT2D eigenvalue weighted by Gasteiger charge is 2.27. The first-order chi connectivity index (χ1) is 9.65. The van der Waals surface area contributed by atoms with Gasteiger partial charge < -0.3 is 14.2 Å². The molecule has 1 fully saturated rings. The van der Waals surface area contributed by atoms with Gasteiger partial charge in [0.2, 0.25) is 6.29 Å².